The number of carbonyl (C=O) groups excluding carboxylic acids is 1. The maximum Gasteiger partial charge on any atom is 0.251 e. The Bertz CT molecular complexity index is 770. The van der Waals surface area contributed by atoms with Gasteiger partial charge in [0.2, 0.25) is 0 Å². The van der Waals surface area contributed by atoms with Crippen LogP contribution in [0.1, 0.15) is 29.3 Å². The fraction of sp³-hybridized carbons (Fsp3) is 0.278. The normalized spacial score (nSPS) is 12.6. The van der Waals surface area contributed by atoms with Crippen LogP contribution in [-0.4, -0.2) is 26.6 Å². The number of amides is 1. The van der Waals surface area contributed by atoms with Gasteiger partial charge in [0.05, 0.1) is 4.90 Å². The van der Waals surface area contributed by atoms with E-state index in [9.17, 15) is 13.2 Å². The highest BCUT2D eigenvalue weighted by atomic mass is 32.2. The Labute approximate surface area is 137 Å². The minimum absolute atomic E-state index is 0.00426. The number of sulfone groups is 1. The third-order valence-electron chi connectivity index (χ3n) is 3.61. The number of aryl methyl sites for hydroxylation is 1. The van der Waals surface area contributed by atoms with E-state index in [1.807, 2.05) is 25.1 Å². The Morgan fingerprint density at radius 1 is 1.09 bits per heavy atom. The minimum Gasteiger partial charge on any atom is -0.350 e. The Morgan fingerprint density at radius 2 is 1.78 bits per heavy atom. The molecular formula is C18H21NO3S. The van der Waals surface area contributed by atoms with Gasteiger partial charge < -0.3 is 5.32 Å². The molecule has 2 aromatic rings. The average molecular weight is 331 g/mol. The van der Waals surface area contributed by atoms with E-state index in [0.717, 1.165) is 19.1 Å². The van der Waals surface area contributed by atoms with Gasteiger partial charge in [-0.3, -0.25) is 4.79 Å². The topological polar surface area (TPSA) is 63.2 Å². The van der Waals surface area contributed by atoms with E-state index < -0.39 is 9.84 Å². The first kappa shape index (κ1) is 17.2. The summed E-state index contributed by atoms with van der Waals surface area (Å²) in [4.78, 5) is 12.4. The molecule has 2 rings (SSSR count). The van der Waals surface area contributed by atoms with Gasteiger partial charge in [-0.2, -0.15) is 0 Å². The predicted molar refractivity (Wildman–Crippen MR) is 91.2 cm³/mol. The molecule has 0 bridgehead atoms. The van der Waals surface area contributed by atoms with E-state index in [2.05, 4.69) is 17.4 Å². The molecule has 4 nitrogen and oxygen atoms in total. The third kappa shape index (κ3) is 5.21. The summed E-state index contributed by atoms with van der Waals surface area (Å²) in [5, 5.41) is 2.91. The maximum absolute atomic E-state index is 12.2. The first-order valence-corrected chi connectivity index (χ1v) is 9.40. The lowest BCUT2D eigenvalue weighted by Gasteiger charge is -2.14. The highest BCUT2D eigenvalue weighted by Gasteiger charge is 2.13. The Balaban J connectivity index is 1.96. The van der Waals surface area contributed by atoms with Crippen LogP contribution in [0.15, 0.2) is 59.5 Å². The molecule has 1 amide bonds. The summed E-state index contributed by atoms with van der Waals surface area (Å²) in [6.07, 6.45) is 2.83. The molecule has 0 fully saturated rings. The van der Waals surface area contributed by atoms with Crippen molar-refractivity contribution in [1.29, 1.82) is 0 Å². The molecule has 23 heavy (non-hydrogen) atoms. The Morgan fingerprint density at radius 3 is 2.43 bits per heavy atom. The van der Waals surface area contributed by atoms with Crippen LogP contribution in [0.25, 0.3) is 0 Å². The van der Waals surface area contributed by atoms with Crippen molar-refractivity contribution >= 4 is 15.7 Å². The molecule has 0 heterocycles. The lowest BCUT2D eigenvalue weighted by Crippen LogP contribution is -2.33. The van der Waals surface area contributed by atoms with E-state index in [1.165, 1.54) is 17.7 Å². The molecule has 0 spiro atoms. The number of benzene rings is 2. The van der Waals surface area contributed by atoms with Crippen molar-refractivity contribution < 1.29 is 13.2 Å². The molecule has 0 aliphatic carbocycles. The van der Waals surface area contributed by atoms with Crippen LogP contribution in [0.2, 0.25) is 0 Å². The fourth-order valence-corrected chi connectivity index (χ4v) is 2.94. The quantitative estimate of drug-likeness (QED) is 0.885. The molecule has 0 saturated heterocycles. The number of hydrogen-bond donors (Lipinski definition) is 1. The second-order valence-corrected chi connectivity index (χ2v) is 7.71. The van der Waals surface area contributed by atoms with Crippen LogP contribution < -0.4 is 5.32 Å². The van der Waals surface area contributed by atoms with Crippen LogP contribution in [0.4, 0.5) is 0 Å². The number of carbonyl (C=O) groups is 1. The van der Waals surface area contributed by atoms with Gasteiger partial charge in [0.1, 0.15) is 0 Å². The summed E-state index contributed by atoms with van der Waals surface area (Å²) in [6, 6.07) is 16.2. The SMILES string of the molecule is CC(CCc1ccccc1)NC(=O)c1cccc(S(C)(=O)=O)c1. The van der Waals surface area contributed by atoms with Gasteiger partial charge in [0.15, 0.2) is 9.84 Å². The second kappa shape index (κ2) is 7.42. The summed E-state index contributed by atoms with van der Waals surface area (Å²) < 4.78 is 23.1. The summed E-state index contributed by atoms with van der Waals surface area (Å²) in [5.74, 6) is -0.254. The lowest BCUT2D eigenvalue weighted by molar-refractivity contribution is 0.0938. The van der Waals surface area contributed by atoms with Crippen molar-refractivity contribution in [3.63, 3.8) is 0 Å². The van der Waals surface area contributed by atoms with Crippen LogP contribution >= 0.6 is 0 Å². The molecule has 0 aliphatic heterocycles. The van der Waals surface area contributed by atoms with Gasteiger partial charge in [-0.15, -0.1) is 0 Å². The zero-order chi connectivity index (χ0) is 16.9. The summed E-state index contributed by atoms with van der Waals surface area (Å²) in [7, 11) is -3.31. The molecule has 1 N–H and O–H groups in total. The maximum atomic E-state index is 12.2. The molecule has 0 aliphatic rings. The fourth-order valence-electron chi connectivity index (χ4n) is 2.28. The number of nitrogens with one attached hydrogen (secondary N) is 1. The van der Waals surface area contributed by atoms with Gasteiger partial charge >= 0.3 is 0 Å². The van der Waals surface area contributed by atoms with Crippen LogP contribution in [0.3, 0.4) is 0 Å². The minimum atomic E-state index is -3.31. The van der Waals surface area contributed by atoms with Crippen molar-refractivity contribution in [2.24, 2.45) is 0 Å². The van der Waals surface area contributed by atoms with Gasteiger partial charge in [0.25, 0.3) is 5.91 Å². The van der Waals surface area contributed by atoms with Crippen molar-refractivity contribution in [3.8, 4) is 0 Å². The van der Waals surface area contributed by atoms with Crippen molar-refractivity contribution in [3.05, 3.63) is 65.7 Å². The monoisotopic (exact) mass is 331 g/mol. The molecule has 5 heteroatoms. The smallest absolute Gasteiger partial charge is 0.251 e. The van der Waals surface area contributed by atoms with Crippen molar-refractivity contribution in [2.75, 3.05) is 6.26 Å². The molecule has 0 radical (unpaired) electrons. The van der Waals surface area contributed by atoms with Gasteiger partial charge in [-0.05, 0) is 43.5 Å². The second-order valence-electron chi connectivity index (χ2n) is 5.70. The molecular weight excluding hydrogens is 310 g/mol. The van der Waals surface area contributed by atoms with Crippen molar-refractivity contribution in [1.82, 2.24) is 5.32 Å². The molecule has 0 saturated carbocycles. The van der Waals surface area contributed by atoms with E-state index in [0.29, 0.717) is 5.56 Å². The first-order chi connectivity index (χ1) is 10.9. The van der Waals surface area contributed by atoms with Crippen LogP contribution in [0.5, 0.6) is 0 Å². The van der Waals surface area contributed by atoms with Gasteiger partial charge in [0, 0.05) is 17.9 Å². The van der Waals surface area contributed by atoms with Crippen molar-refractivity contribution in [2.45, 2.75) is 30.7 Å². The molecule has 122 valence electrons. The average Bonchev–Trinajstić information content (AvgIpc) is 2.53. The largest absolute Gasteiger partial charge is 0.350 e. The first-order valence-electron chi connectivity index (χ1n) is 7.51. The van der Waals surface area contributed by atoms with E-state index in [-0.39, 0.29) is 16.8 Å². The number of hydrogen-bond acceptors (Lipinski definition) is 3. The molecule has 0 aromatic heterocycles. The van der Waals surface area contributed by atoms with Gasteiger partial charge in [-0.25, -0.2) is 8.42 Å². The zero-order valence-corrected chi connectivity index (χ0v) is 14.1. The highest BCUT2D eigenvalue weighted by Crippen LogP contribution is 2.12. The Hall–Kier alpha value is -2.14. The highest BCUT2D eigenvalue weighted by molar-refractivity contribution is 7.90. The van der Waals surface area contributed by atoms with E-state index >= 15 is 0 Å². The summed E-state index contributed by atoms with van der Waals surface area (Å²) in [5.41, 5.74) is 1.59. The predicted octanol–water partition coefficient (Wildman–Crippen LogP) is 2.84. The van der Waals surface area contributed by atoms with Crippen LogP contribution in [-0.2, 0) is 16.3 Å². The standard InChI is InChI=1S/C18H21NO3S/c1-14(11-12-15-7-4-3-5-8-15)19-18(20)16-9-6-10-17(13-16)23(2,21)22/h3-10,13-14H,11-12H2,1-2H3,(H,19,20). The molecule has 1 atom stereocenters. The molecule has 2 aromatic carbocycles. The van der Waals surface area contributed by atoms with Gasteiger partial charge in [-0.1, -0.05) is 36.4 Å². The summed E-state index contributed by atoms with van der Waals surface area (Å²) >= 11 is 0. The van der Waals surface area contributed by atoms with Crippen LogP contribution in [0, 0.1) is 0 Å². The lowest BCUT2D eigenvalue weighted by atomic mass is 10.1. The van der Waals surface area contributed by atoms with E-state index in [1.54, 1.807) is 12.1 Å². The third-order valence-corrected chi connectivity index (χ3v) is 4.72. The molecule has 1 unspecified atom stereocenters. The number of rotatable bonds is 6. The Kier molecular flexibility index (Phi) is 5.55. The zero-order valence-electron chi connectivity index (χ0n) is 13.3. The summed E-state index contributed by atoms with van der Waals surface area (Å²) in [6.45, 7) is 1.95. The van der Waals surface area contributed by atoms with E-state index in [4.69, 9.17) is 0 Å².